The van der Waals surface area contributed by atoms with Crippen LogP contribution in [0.25, 0.3) is 0 Å². The lowest BCUT2D eigenvalue weighted by molar-refractivity contribution is -0.197. The van der Waals surface area contributed by atoms with Crippen LogP contribution in [-0.2, 0) is 28.8 Å². The zero-order chi connectivity index (χ0) is 20.7. The fourth-order valence-electron chi connectivity index (χ4n) is 3.30. The summed E-state index contributed by atoms with van der Waals surface area (Å²) >= 11 is 0. The molecule has 2 saturated heterocycles. The summed E-state index contributed by atoms with van der Waals surface area (Å²) in [6, 6.07) is 0.154. The third kappa shape index (κ3) is 6.01. The van der Waals surface area contributed by atoms with E-state index in [1.165, 1.54) is 0 Å². The molecule has 2 fully saturated rings. The number of hydroxylamine groups is 2. The van der Waals surface area contributed by atoms with Crippen LogP contribution in [0.4, 0.5) is 0 Å². The van der Waals surface area contributed by atoms with Gasteiger partial charge in [-0.1, -0.05) is 0 Å². The molecule has 0 aromatic heterocycles. The van der Waals surface area contributed by atoms with Crippen molar-refractivity contribution in [2.24, 2.45) is 0 Å². The number of carbonyl (C=O) groups excluding carboxylic acids is 5. The molecule has 0 radical (unpaired) electrons. The number of likely N-dealkylation sites (tertiary alicyclic amines) is 1. The molecular weight excluding hydrogens is 377 g/mol. The van der Waals surface area contributed by atoms with Crippen molar-refractivity contribution in [2.45, 2.75) is 64.5 Å². The first kappa shape index (κ1) is 21.8. The molecule has 0 aliphatic carbocycles. The first-order valence-electron chi connectivity index (χ1n) is 9.66. The molecule has 1 unspecified atom stereocenters. The van der Waals surface area contributed by atoms with Crippen molar-refractivity contribution in [1.82, 2.24) is 20.6 Å². The van der Waals surface area contributed by atoms with Gasteiger partial charge in [-0.3, -0.25) is 24.1 Å². The highest BCUT2D eigenvalue weighted by molar-refractivity contribution is 6.01. The maximum Gasteiger partial charge on any atom is 0.334 e. The largest absolute Gasteiger partial charge is 0.355 e. The van der Waals surface area contributed by atoms with E-state index in [0.29, 0.717) is 11.1 Å². The first-order chi connectivity index (χ1) is 13.3. The highest BCUT2D eigenvalue weighted by atomic mass is 16.7. The summed E-state index contributed by atoms with van der Waals surface area (Å²) < 4.78 is 0. The van der Waals surface area contributed by atoms with E-state index in [4.69, 9.17) is 4.84 Å². The second-order valence-electron chi connectivity index (χ2n) is 7.18. The van der Waals surface area contributed by atoms with Gasteiger partial charge in [0.1, 0.15) is 0 Å². The van der Waals surface area contributed by atoms with Crippen LogP contribution in [0, 0.1) is 0 Å². The molecule has 0 bridgehead atoms. The van der Waals surface area contributed by atoms with Crippen LogP contribution in [0.1, 0.15) is 52.4 Å². The Labute approximate surface area is 163 Å². The maximum absolute atomic E-state index is 12.3. The fraction of sp³-hybridized carbons (Fsp3) is 0.722. The van der Waals surface area contributed by atoms with E-state index in [2.05, 4.69) is 29.4 Å². The zero-order valence-electron chi connectivity index (χ0n) is 16.4. The molecule has 0 spiro atoms. The molecule has 0 aromatic rings. The van der Waals surface area contributed by atoms with Gasteiger partial charge in [0.2, 0.25) is 11.8 Å². The van der Waals surface area contributed by atoms with Gasteiger partial charge < -0.3 is 15.5 Å². The van der Waals surface area contributed by atoms with Gasteiger partial charge in [0.15, 0.2) is 0 Å². The van der Waals surface area contributed by atoms with E-state index in [-0.39, 0.29) is 56.6 Å². The molecule has 28 heavy (non-hydrogen) atoms. The highest BCUT2D eigenvalue weighted by Crippen LogP contribution is 2.19. The minimum atomic E-state index is -0.771. The van der Waals surface area contributed by atoms with Crippen LogP contribution in [0.5, 0.6) is 0 Å². The van der Waals surface area contributed by atoms with Gasteiger partial charge in [-0.2, -0.15) is 0 Å². The van der Waals surface area contributed by atoms with Gasteiger partial charge in [-0.25, -0.2) is 4.79 Å². The van der Waals surface area contributed by atoms with Gasteiger partial charge in [0.25, 0.3) is 11.8 Å². The smallest absolute Gasteiger partial charge is 0.334 e. The molecule has 2 rings (SSSR count). The lowest BCUT2D eigenvalue weighted by Gasteiger charge is -2.27. The molecule has 1 atom stereocenters. The quantitative estimate of drug-likeness (QED) is 0.300. The monoisotopic (exact) mass is 405 g/mol. The second-order valence-corrected chi connectivity index (χ2v) is 7.18. The summed E-state index contributed by atoms with van der Waals surface area (Å²) in [7, 11) is 0. The normalized spacial score (nSPS) is 20.0. The molecular formula is C18H28N4O6. The van der Waals surface area contributed by atoms with Crippen molar-refractivity contribution in [1.29, 1.82) is 0 Å². The summed E-state index contributed by atoms with van der Waals surface area (Å²) in [5, 5.41) is 5.80. The number of imide groups is 1. The Morgan fingerprint density at radius 2 is 1.71 bits per heavy atom. The van der Waals surface area contributed by atoms with Crippen molar-refractivity contribution < 1.29 is 28.8 Å². The summed E-state index contributed by atoms with van der Waals surface area (Å²) in [6.45, 7) is 5.25. The van der Waals surface area contributed by atoms with E-state index < -0.39 is 17.8 Å². The molecule has 0 aromatic carbocycles. The van der Waals surface area contributed by atoms with Gasteiger partial charge in [0.05, 0.1) is 12.5 Å². The number of nitrogens with one attached hydrogen (secondary N) is 2. The van der Waals surface area contributed by atoms with E-state index in [9.17, 15) is 24.0 Å². The molecule has 156 valence electrons. The Bertz CT molecular complexity index is 620. The summed E-state index contributed by atoms with van der Waals surface area (Å²) in [6.07, 6.45) is 1.80. The third-order valence-electron chi connectivity index (χ3n) is 4.76. The molecule has 2 N–H and O–H groups in total. The van der Waals surface area contributed by atoms with Gasteiger partial charge in [-0.05, 0) is 33.2 Å². The molecule has 2 aliphatic rings. The number of rotatable bonds is 9. The number of hydrogen-bond donors (Lipinski definition) is 2. The van der Waals surface area contributed by atoms with E-state index in [1.54, 1.807) is 0 Å². The predicted molar refractivity (Wildman–Crippen MR) is 97.3 cm³/mol. The average Bonchev–Trinajstić information content (AvgIpc) is 3.24. The minimum absolute atomic E-state index is 0.0194. The van der Waals surface area contributed by atoms with Crippen LogP contribution in [-0.4, -0.2) is 71.3 Å². The van der Waals surface area contributed by atoms with E-state index >= 15 is 0 Å². The van der Waals surface area contributed by atoms with Crippen molar-refractivity contribution in [3.8, 4) is 0 Å². The molecule has 0 saturated carbocycles. The number of hydrogen-bond acceptors (Lipinski definition) is 7. The number of carbonyl (C=O) groups is 5. The molecule has 10 heteroatoms. The Morgan fingerprint density at radius 3 is 2.36 bits per heavy atom. The average molecular weight is 405 g/mol. The Morgan fingerprint density at radius 1 is 1.07 bits per heavy atom. The number of nitrogens with zero attached hydrogens (tertiary/aromatic N) is 2. The first-order valence-corrected chi connectivity index (χ1v) is 9.66. The lowest BCUT2D eigenvalue weighted by atomic mass is 10.4. The van der Waals surface area contributed by atoms with Gasteiger partial charge >= 0.3 is 5.97 Å². The summed E-state index contributed by atoms with van der Waals surface area (Å²) in [4.78, 5) is 65.2. The van der Waals surface area contributed by atoms with Gasteiger partial charge in [-0.15, -0.1) is 5.06 Å². The molecule has 2 aliphatic heterocycles. The summed E-state index contributed by atoms with van der Waals surface area (Å²) in [5.74, 6) is -2.24. The van der Waals surface area contributed by atoms with Crippen molar-refractivity contribution in [3.05, 3.63) is 0 Å². The van der Waals surface area contributed by atoms with E-state index in [1.807, 2.05) is 0 Å². The highest BCUT2D eigenvalue weighted by Gasteiger charge is 2.33. The lowest BCUT2D eigenvalue weighted by Crippen LogP contribution is -2.46. The number of amides is 4. The topological polar surface area (TPSA) is 125 Å². The Balaban J connectivity index is 1.58. The maximum atomic E-state index is 12.3. The standard InChI is InChI=1S/C18H28N4O6/c1-12(2)21-11-3-4-13(21)18(27)20-9-7-14(23)19-10-8-17(26)28-22-15(24)5-6-16(22)25/h12-13H,3-11H2,1-2H3,(H,19,23)(H,20,27)/i1+1,2+1,3+1,4+1,11+1,12+1,13+1,19+1,20+1. The minimum Gasteiger partial charge on any atom is -0.355 e. The van der Waals surface area contributed by atoms with Crippen molar-refractivity contribution in [2.75, 3.05) is 19.6 Å². The van der Waals surface area contributed by atoms with Crippen LogP contribution in [0.3, 0.4) is 0 Å². The SMILES string of the molecule is [13CH3][13CH]([13CH3])N1[13CH2][13CH2][13CH2][13CH]1C(=O)[15NH]CCC(=O)[15NH]CCC(=O)ON1C(=O)CCC1=O. The molecule has 10 nitrogen and oxygen atoms in total. The van der Waals surface area contributed by atoms with Crippen LogP contribution in [0.2, 0.25) is 0 Å². The fourth-order valence-corrected chi connectivity index (χ4v) is 3.30. The third-order valence-corrected chi connectivity index (χ3v) is 4.76. The molecule has 4 amide bonds. The van der Waals surface area contributed by atoms with Crippen LogP contribution < -0.4 is 10.6 Å². The molecule has 2 heterocycles. The Hall–Kier alpha value is -2.49. The van der Waals surface area contributed by atoms with Crippen molar-refractivity contribution >= 4 is 29.6 Å². The van der Waals surface area contributed by atoms with E-state index in [0.717, 1.165) is 19.4 Å². The van der Waals surface area contributed by atoms with Crippen molar-refractivity contribution in [3.63, 3.8) is 0 Å². The summed E-state index contributed by atoms with van der Waals surface area (Å²) in [5.41, 5.74) is 0. The Kier molecular flexibility index (Phi) is 7.91. The van der Waals surface area contributed by atoms with Crippen LogP contribution >= 0.6 is 0 Å². The van der Waals surface area contributed by atoms with Gasteiger partial charge in [0, 0.05) is 38.4 Å². The second kappa shape index (κ2) is 10.2. The van der Waals surface area contributed by atoms with Crippen LogP contribution in [0.15, 0.2) is 0 Å². The predicted octanol–water partition coefficient (Wildman–Crippen LogP) is -0.521. The zero-order valence-corrected chi connectivity index (χ0v) is 16.4.